The molecule has 0 radical (unpaired) electrons. The van der Waals surface area contributed by atoms with Crippen LogP contribution in [0.3, 0.4) is 0 Å². The monoisotopic (exact) mass is 442 g/mol. The van der Waals surface area contributed by atoms with Gasteiger partial charge in [0.2, 0.25) is 10.0 Å². The molecule has 1 atom stereocenters. The molecule has 140 valence electrons. The first-order chi connectivity index (χ1) is 12.2. The van der Waals surface area contributed by atoms with Crippen LogP contribution in [0.1, 0.15) is 41.4 Å². The molecule has 0 aliphatic rings. The van der Waals surface area contributed by atoms with Crippen LogP contribution in [-0.4, -0.2) is 20.1 Å². The van der Waals surface area contributed by atoms with Gasteiger partial charge < -0.3 is 5.32 Å². The molecule has 26 heavy (non-hydrogen) atoms. The molecule has 0 bridgehead atoms. The molecule has 0 aliphatic heterocycles. The van der Waals surface area contributed by atoms with Crippen molar-refractivity contribution in [2.75, 3.05) is 10.5 Å². The van der Waals surface area contributed by atoms with Crippen LogP contribution in [0.25, 0.3) is 0 Å². The minimum absolute atomic E-state index is 0.0608. The maximum Gasteiger partial charge on any atom is 0.251 e. The maximum atomic E-state index is 13.0. The predicted octanol–water partition coefficient (Wildman–Crippen LogP) is 3.97. The zero-order valence-electron chi connectivity index (χ0n) is 14.4. The molecular formula is C18H20BrFN2O3S. The van der Waals surface area contributed by atoms with E-state index in [1.54, 1.807) is 31.2 Å². The molecule has 0 saturated carbocycles. The van der Waals surface area contributed by atoms with Crippen LogP contribution >= 0.6 is 15.9 Å². The highest BCUT2D eigenvalue weighted by atomic mass is 79.9. The van der Waals surface area contributed by atoms with E-state index in [1.807, 2.05) is 0 Å². The second kappa shape index (κ2) is 8.64. The molecular weight excluding hydrogens is 423 g/mol. The quantitative estimate of drug-likeness (QED) is 0.636. The Bertz CT molecular complexity index is 886. The number of halogens is 2. The van der Waals surface area contributed by atoms with Gasteiger partial charge in [-0.3, -0.25) is 9.52 Å². The lowest BCUT2D eigenvalue weighted by Gasteiger charge is -2.16. The molecule has 0 aromatic heterocycles. The highest BCUT2D eigenvalue weighted by Gasteiger charge is 2.15. The van der Waals surface area contributed by atoms with Crippen LogP contribution in [0.2, 0.25) is 0 Å². The van der Waals surface area contributed by atoms with Crippen LogP contribution in [0.15, 0.2) is 42.5 Å². The van der Waals surface area contributed by atoms with E-state index in [9.17, 15) is 17.6 Å². The van der Waals surface area contributed by atoms with Crippen LogP contribution < -0.4 is 10.0 Å². The Labute approximate surface area is 161 Å². The normalized spacial score (nSPS) is 12.5. The van der Waals surface area contributed by atoms with Crippen LogP contribution in [0.5, 0.6) is 0 Å². The average molecular weight is 443 g/mol. The second-order valence-corrected chi connectivity index (χ2v) is 8.38. The number of rotatable bonds is 7. The molecule has 2 aromatic rings. The van der Waals surface area contributed by atoms with Crippen molar-refractivity contribution in [2.24, 2.45) is 0 Å². The van der Waals surface area contributed by atoms with Crippen LogP contribution in [-0.2, 0) is 15.4 Å². The van der Waals surface area contributed by atoms with Crippen molar-refractivity contribution < 1.29 is 17.6 Å². The fourth-order valence-electron chi connectivity index (χ4n) is 2.33. The number of carbonyl (C=O) groups excluding carboxylic acids is 1. The van der Waals surface area contributed by atoms with E-state index >= 15 is 0 Å². The smallest absolute Gasteiger partial charge is 0.251 e. The minimum Gasteiger partial charge on any atom is -0.346 e. The van der Waals surface area contributed by atoms with Crippen molar-refractivity contribution in [3.05, 3.63) is 65.0 Å². The minimum atomic E-state index is -3.44. The van der Waals surface area contributed by atoms with Gasteiger partial charge in [0.1, 0.15) is 5.82 Å². The summed E-state index contributed by atoms with van der Waals surface area (Å²) >= 11 is 3.32. The maximum absolute atomic E-state index is 13.0. The summed E-state index contributed by atoms with van der Waals surface area (Å²) < 4.78 is 39.1. The molecule has 8 heteroatoms. The third kappa shape index (κ3) is 5.54. The zero-order chi connectivity index (χ0) is 19.3. The largest absolute Gasteiger partial charge is 0.346 e. The molecule has 0 aliphatic carbocycles. The van der Waals surface area contributed by atoms with Gasteiger partial charge in [-0.15, -0.1) is 0 Å². The topological polar surface area (TPSA) is 75.3 Å². The first-order valence-electron chi connectivity index (χ1n) is 8.01. The summed E-state index contributed by atoms with van der Waals surface area (Å²) in [6.07, 6.45) is 0. The van der Waals surface area contributed by atoms with Gasteiger partial charge in [-0.25, -0.2) is 12.8 Å². The Morgan fingerprint density at radius 3 is 2.42 bits per heavy atom. The Morgan fingerprint density at radius 2 is 1.85 bits per heavy atom. The van der Waals surface area contributed by atoms with Crippen molar-refractivity contribution in [2.45, 2.75) is 25.2 Å². The van der Waals surface area contributed by atoms with Gasteiger partial charge in [0.05, 0.1) is 11.8 Å². The van der Waals surface area contributed by atoms with Gasteiger partial charge in [-0.05, 0) is 55.3 Å². The van der Waals surface area contributed by atoms with E-state index in [0.717, 1.165) is 11.1 Å². The molecule has 0 unspecified atom stereocenters. The van der Waals surface area contributed by atoms with E-state index in [2.05, 4.69) is 26.0 Å². The molecule has 1 amide bonds. The highest BCUT2D eigenvalue weighted by molar-refractivity contribution is 9.08. The molecule has 0 fully saturated rings. The predicted molar refractivity (Wildman–Crippen MR) is 104 cm³/mol. The first kappa shape index (κ1) is 20.4. The first-order valence-corrected chi connectivity index (χ1v) is 10.8. The summed E-state index contributed by atoms with van der Waals surface area (Å²) in [7, 11) is -3.44. The molecule has 5 nitrogen and oxygen atoms in total. The van der Waals surface area contributed by atoms with Gasteiger partial charge in [0.25, 0.3) is 5.91 Å². The number of nitrogens with one attached hydrogen (secondary N) is 2. The van der Waals surface area contributed by atoms with Crippen LogP contribution in [0, 0.1) is 5.82 Å². The van der Waals surface area contributed by atoms with Crippen molar-refractivity contribution in [1.29, 1.82) is 0 Å². The summed E-state index contributed by atoms with van der Waals surface area (Å²) in [5.41, 5.74) is 2.21. The van der Waals surface area contributed by atoms with Crippen molar-refractivity contribution >= 4 is 37.5 Å². The average Bonchev–Trinajstić information content (AvgIpc) is 2.61. The Hall–Kier alpha value is -1.93. The van der Waals surface area contributed by atoms with Crippen molar-refractivity contribution in [3.8, 4) is 0 Å². The number of anilines is 1. The van der Waals surface area contributed by atoms with E-state index < -0.39 is 10.0 Å². The number of sulfonamides is 1. The fraction of sp³-hybridized carbons (Fsp3) is 0.278. The Morgan fingerprint density at radius 1 is 1.19 bits per heavy atom. The molecule has 0 heterocycles. The zero-order valence-corrected chi connectivity index (χ0v) is 16.8. The lowest BCUT2D eigenvalue weighted by atomic mass is 10.1. The van der Waals surface area contributed by atoms with Gasteiger partial charge in [0.15, 0.2) is 0 Å². The van der Waals surface area contributed by atoms with Crippen molar-refractivity contribution in [1.82, 2.24) is 5.32 Å². The number of amides is 1. The van der Waals surface area contributed by atoms with Gasteiger partial charge in [-0.1, -0.05) is 28.1 Å². The molecule has 0 spiro atoms. The number of carbonyl (C=O) groups is 1. The van der Waals surface area contributed by atoms with E-state index in [-0.39, 0.29) is 23.5 Å². The molecule has 2 rings (SSSR count). The highest BCUT2D eigenvalue weighted by Crippen LogP contribution is 2.20. The summed E-state index contributed by atoms with van der Waals surface area (Å²) in [5.74, 6) is -0.749. The van der Waals surface area contributed by atoms with Crippen LogP contribution in [0.4, 0.5) is 10.1 Å². The number of hydrogen-bond acceptors (Lipinski definition) is 3. The van der Waals surface area contributed by atoms with E-state index in [0.29, 0.717) is 16.6 Å². The Balaban J connectivity index is 2.23. The van der Waals surface area contributed by atoms with Crippen molar-refractivity contribution in [3.63, 3.8) is 0 Å². The summed E-state index contributed by atoms with van der Waals surface area (Å²) in [6.45, 7) is 3.33. The standard InChI is InChI=1S/C18H20BrFN2O3S/c1-3-26(24,25)22-17-9-13(11-19)8-15(10-17)18(23)21-12(2)14-4-6-16(20)7-5-14/h4-10,12,22H,3,11H2,1-2H3,(H,21,23)/t12-/m1/s1. The summed E-state index contributed by atoms with van der Waals surface area (Å²) in [5, 5.41) is 3.31. The third-order valence-corrected chi connectivity index (χ3v) is 5.73. The Kier molecular flexibility index (Phi) is 6.77. The number of benzene rings is 2. The lowest BCUT2D eigenvalue weighted by molar-refractivity contribution is 0.0940. The molecule has 2 aromatic carbocycles. The van der Waals surface area contributed by atoms with E-state index in [4.69, 9.17) is 0 Å². The number of hydrogen-bond donors (Lipinski definition) is 2. The van der Waals surface area contributed by atoms with Gasteiger partial charge >= 0.3 is 0 Å². The molecule has 2 N–H and O–H groups in total. The third-order valence-electron chi connectivity index (χ3n) is 3.78. The molecule has 0 saturated heterocycles. The summed E-state index contributed by atoms with van der Waals surface area (Å²) in [6, 6.07) is 10.4. The SMILES string of the molecule is CCS(=O)(=O)Nc1cc(CBr)cc(C(=O)N[C@H](C)c2ccc(F)cc2)c1. The fourth-order valence-corrected chi connectivity index (χ4v) is 3.27. The van der Waals surface area contributed by atoms with Gasteiger partial charge in [-0.2, -0.15) is 0 Å². The lowest BCUT2D eigenvalue weighted by Crippen LogP contribution is -2.27. The summed E-state index contributed by atoms with van der Waals surface area (Å²) in [4.78, 5) is 12.6. The number of alkyl halides is 1. The second-order valence-electron chi connectivity index (χ2n) is 5.80. The van der Waals surface area contributed by atoms with E-state index in [1.165, 1.54) is 25.1 Å². The van der Waals surface area contributed by atoms with Gasteiger partial charge in [0, 0.05) is 16.6 Å².